The second-order valence-corrected chi connectivity index (χ2v) is 4.61. The second-order valence-electron chi connectivity index (χ2n) is 4.61. The van der Waals surface area contributed by atoms with Crippen molar-refractivity contribution in [3.05, 3.63) is 54.0 Å². The molecule has 0 radical (unpaired) electrons. The van der Waals surface area contributed by atoms with E-state index in [4.69, 9.17) is 10.5 Å². The van der Waals surface area contributed by atoms with E-state index >= 15 is 0 Å². The number of carboxylic acids is 1. The third-order valence-corrected chi connectivity index (χ3v) is 3.19. The molecule has 0 spiro atoms. The van der Waals surface area contributed by atoms with Crippen LogP contribution < -0.4 is 10.5 Å². The monoisotopic (exact) mass is 299 g/mol. The van der Waals surface area contributed by atoms with Crippen molar-refractivity contribution in [1.82, 2.24) is 9.38 Å². The van der Waals surface area contributed by atoms with Gasteiger partial charge in [-0.05, 0) is 24.3 Å². The number of aromatic hydroxyl groups is 1. The van der Waals surface area contributed by atoms with Gasteiger partial charge in [-0.25, -0.2) is 9.78 Å². The lowest BCUT2D eigenvalue weighted by Gasteiger charge is -2.08. The van der Waals surface area contributed by atoms with Crippen LogP contribution in [0.25, 0.3) is 5.52 Å². The Bertz CT molecular complexity index is 857. The van der Waals surface area contributed by atoms with Gasteiger partial charge in [0.05, 0.1) is 5.52 Å². The van der Waals surface area contributed by atoms with E-state index in [1.54, 1.807) is 36.4 Å². The zero-order valence-corrected chi connectivity index (χ0v) is 11.4. The molecule has 0 saturated heterocycles. The lowest BCUT2D eigenvalue weighted by Crippen LogP contribution is -2.05. The SMILES string of the molecule is Nc1cccc2c(C(=O)O)nc(COc3ccccc3O)n12. The number of hydrogen-bond acceptors (Lipinski definition) is 5. The minimum atomic E-state index is -1.14. The van der Waals surface area contributed by atoms with Crippen molar-refractivity contribution in [3.63, 3.8) is 0 Å². The Labute approximate surface area is 125 Å². The van der Waals surface area contributed by atoms with E-state index < -0.39 is 5.97 Å². The van der Waals surface area contributed by atoms with Crippen LogP contribution in [0.5, 0.6) is 11.5 Å². The highest BCUT2D eigenvalue weighted by Gasteiger charge is 2.18. The quantitative estimate of drug-likeness (QED) is 0.678. The molecule has 1 aromatic carbocycles. The Morgan fingerprint density at radius 2 is 2.00 bits per heavy atom. The first-order valence-electron chi connectivity index (χ1n) is 6.48. The number of aromatic nitrogens is 2. The number of para-hydroxylation sites is 2. The Morgan fingerprint density at radius 1 is 1.23 bits per heavy atom. The minimum absolute atomic E-state index is 0.00482. The number of phenolic OH excluding ortho intramolecular Hbond substituents is 1. The minimum Gasteiger partial charge on any atom is -0.504 e. The highest BCUT2D eigenvalue weighted by atomic mass is 16.5. The topological polar surface area (TPSA) is 110 Å². The van der Waals surface area contributed by atoms with Crippen molar-refractivity contribution in [1.29, 1.82) is 0 Å². The Morgan fingerprint density at radius 3 is 2.73 bits per heavy atom. The normalized spacial score (nSPS) is 10.7. The van der Waals surface area contributed by atoms with Gasteiger partial charge in [0.15, 0.2) is 23.0 Å². The molecule has 0 bridgehead atoms. The predicted octanol–water partition coefficient (Wildman–Crippen LogP) is 1.90. The third-order valence-electron chi connectivity index (χ3n) is 3.19. The largest absolute Gasteiger partial charge is 0.504 e. The zero-order valence-electron chi connectivity index (χ0n) is 11.4. The molecule has 22 heavy (non-hydrogen) atoms. The smallest absolute Gasteiger partial charge is 0.356 e. The van der Waals surface area contributed by atoms with Crippen molar-refractivity contribution in [2.75, 3.05) is 5.73 Å². The summed E-state index contributed by atoms with van der Waals surface area (Å²) in [6, 6.07) is 11.4. The van der Waals surface area contributed by atoms with Crippen molar-refractivity contribution >= 4 is 17.3 Å². The summed E-state index contributed by atoms with van der Waals surface area (Å²) in [6.45, 7) is -0.0275. The molecule has 0 aliphatic rings. The fourth-order valence-electron chi connectivity index (χ4n) is 2.21. The van der Waals surface area contributed by atoms with Gasteiger partial charge in [0, 0.05) is 0 Å². The maximum Gasteiger partial charge on any atom is 0.356 e. The molecular weight excluding hydrogens is 286 g/mol. The van der Waals surface area contributed by atoms with Crippen LogP contribution in [-0.2, 0) is 6.61 Å². The molecule has 7 heteroatoms. The van der Waals surface area contributed by atoms with Gasteiger partial charge in [0.1, 0.15) is 12.4 Å². The van der Waals surface area contributed by atoms with E-state index in [1.807, 2.05) is 0 Å². The van der Waals surface area contributed by atoms with E-state index in [-0.39, 0.29) is 23.8 Å². The summed E-state index contributed by atoms with van der Waals surface area (Å²) in [5.74, 6) is -0.167. The van der Waals surface area contributed by atoms with Gasteiger partial charge in [-0.3, -0.25) is 4.40 Å². The summed E-state index contributed by atoms with van der Waals surface area (Å²) < 4.78 is 7.01. The van der Waals surface area contributed by atoms with Crippen molar-refractivity contribution in [3.8, 4) is 11.5 Å². The fraction of sp³-hybridized carbons (Fsp3) is 0.0667. The summed E-state index contributed by atoms with van der Waals surface area (Å²) >= 11 is 0. The molecule has 0 aliphatic carbocycles. The molecule has 0 fully saturated rings. The van der Waals surface area contributed by atoms with Crippen LogP contribution in [-0.4, -0.2) is 25.6 Å². The molecule has 3 rings (SSSR count). The molecule has 0 amide bonds. The summed E-state index contributed by atoms with van der Waals surface area (Å²) in [5, 5.41) is 18.9. The van der Waals surface area contributed by atoms with E-state index in [0.717, 1.165) is 0 Å². The lowest BCUT2D eigenvalue weighted by molar-refractivity contribution is 0.0693. The molecule has 0 aliphatic heterocycles. The molecule has 7 nitrogen and oxygen atoms in total. The lowest BCUT2D eigenvalue weighted by atomic mass is 10.3. The van der Waals surface area contributed by atoms with E-state index in [0.29, 0.717) is 17.2 Å². The third kappa shape index (κ3) is 2.28. The fourth-order valence-corrected chi connectivity index (χ4v) is 2.21. The first-order valence-corrected chi connectivity index (χ1v) is 6.48. The molecule has 2 aromatic heterocycles. The van der Waals surface area contributed by atoms with Crippen molar-refractivity contribution in [2.45, 2.75) is 6.61 Å². The van der Waals surface area contributed by atoms with Crippen LogP contribution >= 0.6 is 0 Å². The molecule has 3 aromatic rings. The molecular formula is C15H13N3O4. The summed E-state index contributed by atoms with van der Waals surface area (Å²) in [5.41, 5.74) is 6.19. The van der Waals surface area contributed by atoms with E-state index in [2.05, 4.69) is 4.98 Å². The Hall–Kier alpha value is -3.22. The number of phenols is 1. The molecule has 0 unspecified atom stereocenters. The first kappa shape index (κ1) is 13.7. The van der Waals surface area contributed by atoms with Crippen molar-refractivity contribution < 1.29 is 19.7 Å². The van der Waals surface area contributed by atoms with Gasteiger partial charge in [0.2, 0.25) is 0 Å². The van der Waals surface area contributed by atoms with Gasteiger partial charge in [-0.2, -0.15) is 0 Å². The summed E-state index contributed by atoms with van der Waals surface area (Å²) in [7, 11) is 0. The van der Waals surface area contributed by atoms with Gasteiger partial charge >= 0.3 is 5.97 Å². The number of hydrogen-bond donors (Lipinski definition) is 3. The number of carbonyl (C=O) groups is 1. The van der Waals surface area contributed by atoms with Gasteiger partial charge in [-0.1, -0.05) is 18.2 Å². The zero-order chi connectivity index (χ0) is 15.7. The molecule has 112 valence electrons. The number of rotatable bonds is 4. The van der Waals surface area contributed by atoms with E-state index in [1.165, 1.54) is 10.5 Å². The number of pyridine rings is 1. The maximum atomic E-state index is 11.3. The predicted molar refractivity (Wildman–Crippen MR) is 79.0 cm³/mol. The van der Waals surface area contributed by atoms with Gasteiger partial charge in [0.25, 0.3) is 0 Å². The van der Waals surface area contributed by atoms with Crippen LogP contribution in [0.15, 0.2) is 42.5 Å². The highest BCUT2D eigenvalue weighted by molar-refractivity contribution is 5.94. The number of anilines is 1. The van der Waals surface area contributed by atoms with Gasteiger partial charge in [-0.15, -0.1) is 0 Å². The van der Waals surface area contributed by atoms with Crippen LogP contribution in [0.2, 0.25) is 0 Å². The van der Waals surface area contributed by atoms with Crippen LogP contribution in [0, 0.1) is 0 Å². The number of benzene rings is 1. The maximum absolute atomic E-state index is 11.3. The number of aromatic carboxylic acids is 1. The van der Waals surface area contributed by atoms with Crippen LogP contribution in [0.4, 0.5) is 5.82 Å². The van der Waals surface area contributed by atoms with Crippen LogP contribution in [0.3, 0.4) is 0 Å². The molecule has 2 heterocycles. The first-order chi connectivity index (χ1) is 10.6. The highest BCUT2D eigenvalue weighted by Crippen LogP contribution is 2.26. The summed E-state index contributed by atoms with van der Waals surface area (Å²) in [6.07, 6.45) is 0. The van der Waals surface area contributed by atoms with Crippen LogP contribution in [0.1, 0.15) is 16.3 Å². The van der Waals surface area contributed by atoms with Gasteiger partial charge < -0.3 is 20.7 Å². The summed E-state index contributed by atoms with van der Waals surface area (Å²) in [4.78, 5) is 15.3. The molecule has 4 N–H and O–H groups in total. The standard InChI is InChI=1S/C15H13N3O4/c16-12-7-3-4-9-14(15(20)21)17-13(18(9)12)8-22-11-6-2-1-5-10(11)19/h1-7,19H,8,16H2,(H,20,21). The Kier molecular flexibility index (Phi) is 3.30. The van der Waals surface area contributed by atoms with E-state index in [9.17, 15) is 15.0 Å². The number of imidazole rings is 1. The number of ether oxygens (including phenoxy) is 1. The number of nitrogen functional groups attached to an aromatic ring is 1. The number of nitrogens with two attached hydrogens (primary N) is 1. The second kappa shape index (κ2) is 5.28. The Balaban J connectivity index is 2.00. The number of fused-ring (bicyclic) bond motifs is 1. The molecule has 0 saturated carbocycles. The average molecular weight is 299 g/mol. The van der Waals surface area contributed by atoms with Crippen molar-refractivity contribution in [2.24, 2.45) is 0 Å². The number of nitrogens with zero attached hydrogens (tertiary/aromatic N) is 2. The number of carboxylic acid groups (broad SMARTS) is 1. The molecule has 0 atom stereocenters. The average Bonchev–Trinajstić information content (AvgIpc) is 2.87.